The highest BCUT2D eigenvalue weighted by molar-refractivity contribution is 6.29. The standard InChI is InChI=1S/C17H18ClN3O3/c1-11-13(16(18)24-20-11)10-15(22)19-14-8-5-9-21(17(14)23)12-6-3-2-4-7-12/h2-4,6-7,14H,5,8-10H2,1H3,(H,19,22)/t14-/m1/s1. The minimum absolute atomic E-state index is 0.0449. The molecule has 1 fully saturated rings. The van der Waals surface area contributed by atoms with Crippen molar-refractivity contribution in [2.24, 2.45) is 0 Å². The number of anilines is 1. The van der Waals surface area contributed by atoms with E-state index in [9.17, 15) is 9.59 Å². The van der Waals surface area contributed by atoms with Crippen molar-refractivity contribution in [3.63, 3.8) is 0 Å². The Labute approximate surface area is 144 Å². The Balaban J connectivity index is 1.66. The van der Waals surface area contributed by atoms with E-state index < -0.39 is 6.04 Å². The maximum atomic E-state index is 12.7. The largest absolute Gasteiger partial charge is 0.344 e. The second kappa shape index (κ2) is 7.05. The number of piperidine rings is 1. The number of aromatic nitrogens is 1. The average Bonchev–Trinajstić information content (AvgIpc) is 2.89. The topological polar surface area (TPSA) is 75.4 Å². The smallest absolute Gasteiger partial charge is 0.249 e. The molecule has 0 aliphatic carbocycles. The van der Waals surface area contributed by atoms with Gasteiger partial charge in [-0.15, -0.1) is 0 Å². The van der Waals surface area contributed by atoms with Crippen LogP contribution >= 0.6 is 11.6 Å². The molecule has 0 unspecified atom stereocenters. The Kier molecular flexibility index (Phi) is 4.85. The van der Waals surface area contributed by atoms with E-state index in [4.69, 9.17) is 16.1 Å². The van der Waals surface area contributed by atoms with Crippen LogP contribution in [0.2, 0.25) is 5.22 Å². The van der Waals surface area contributed by atoms with Gasteiger partial charge in [0.05, 0.1) is 12.1 Å². The molecule has 1 aromatic carbocycles. The third kappa shape index (κ3) is 3.43. The summed E-state index contributed by atoms with van der Waals surface area (Å²) in [6.45, 7) is 2.38. The normalized spacial score (nSPS) is 17.8. The molecule has 1 atom stereocenters. The Morgan fingerprint density at radius 2 is 2.17 bits per heavy atom. The van der Waals surface area contributed by atoms with Crippen LogP contribution in [0.3, 0.4) is 0 Å². The van der Waals surface area contributed by atoms with Gasteiger partial charge in [-0.2, -0.15) is 0 Å². The van der Waals surface area contributed by atoms with Crippen molar-refractivity contribution in [3.8, 4) is 0 Å². The van der Waals surface area contributed by atoms with Gasteiger partial charge in [-0.05, 0) is 43.5 Å². The molecular formula is C17H18ClN3O3. The Morgan fingerprint density at radius 3 is 2.83 bits per heavy atom. The van der Waals surface area contributed by atoms with E-state index in [2.05, 4.69) is 10.5 Å². The molecule has 2 amide bonds. The number of benzene rings is 1. The van der Waals surface area contributed by atoms with Gasteiger partial charge >= 0.3 is 0 Å². The van der Waals surface area contributed by atoms with Gasteiger partial charge < -0.3 is 14.7 Å². The van der Waals surface area contributed by atoms with Crippen molar-refractivity contribution in [2.75, 3.05) is 11.4 Å². The van der Waals surface area contributed by atoms with Crippen LogP contribution in [0.15, 0.2) is 34.9 Å². The molecule has 1 N–H and O–H groups in total. The predicted molar refractivity (Wildman–Crippen MR) is 89.9 cm³/mol. The van der Waals surface area contributed by atoms with Gasteiger partial charge in [0.15, 0.2) is 0 Å². The Morgan fingerprint density at radius 1 is 1.42 bits per heavy atom. The zero-order chi connectivity index (χ0) is 17.1. The maximum Gasteiger partial charge on any atom is 0.249 e. The molecule has 2 aromatic rings. The molecule has 6 nitrogen and oxygen atoms in total. The SMILES string of the molecule is Cc1noc(Cl)c1CC(=O)N[C@@H]1CCCN(c2ccccc2)C1=O. The number of amides is 2. The molecule has 7 heteroatoms. The zero-order valence-electron chi connectivity index (χ0n) is 13.3. The summed E-state index contributed by atoms with van der Waals surface area (Å²) in [4.78, 5) is 26.6. The van der Waals surface area contributed by atoms with E-state index >= 15 is 0 Å². The summed E-state index contributed by atoms with van der Waals surface area (Å²) in [7, 11) is 0. The van der Waals surface area contributed by atoms with Gasteiger partial charge in [-0.1, -0.05) is 23.4 Å². The summed E-state index contributed by atoms with van der Waals surface area (Å²) in [6.07, 6.45) is 1.51. The lowest BCUT2D eigenvalue weighted by Crippen LogP contribution is -2.52. The van der Waals surface area contributed by atoms with Gasteiger partial charge in [-0.25, -0.2) is 0 Å². The van der Waals surface area contributed by atoms with Crippen LogP contribution in [-0.4, -0.2) is 29.6 Å². The molecule has 1 saturated heterocycles. The fraction of sp³-hybridized carbons (Fsp3) is 0.353. The number of halogens is 1. The number of hydrogen-bond acceptors (Lipinski definition) is 4. The van der Waals surface area contributed by atoms with Gasteiger partial charge in [0.25, 0.3) is 0 Å². The third-order valence-corrected chi connectivity index (χ3v) is 4.41. The molecule has 0 radical (unpaired) electrons. The zero-order valence-corrected chi connectivity index (χ0v) is 14.0. The van der Waals surface area contributed by atoms with E-state index in [1.807, 2.05) is 30.3 Å². The highest BCUT2D eigenvalue weighted by atomic mass is 35.5. The summed E-state index contributed by atoms with van der Waals surface area (Å²) in [5.74, 6) is -0.356. The molecule has 126 valence electrons. The second-order valence-electron chi connectivity index (χ2n) is 5.78. The number of nitrogens with zero attached hydrogens (tertiary/aromatic N) is 2. The molecular weight excluding hydrogens is 330 g/mol. The van der Waals surface area contributed by atoms with Crippen molar-refractivity contribution in [2.45, 2.75) is 32.2 Å². The number of carbonyl (C=O) groups excluding carboxylic acids is 2. The quantitative estimate of drug-likeness (QED) is 0.922. The van der Waals surface area contributed by atoms with E-state index in [1.54, 1.807) is 11.8 Å². The van der Waals surface area contributed by atoms with Crippen LogP contribution in [0, 0.1) is 6.92 Å². The number of aryl methyl sites for hydroxylation is 1. The predicted octanol–water partition coefficient (Wildman–Crippen LogP) is 2.49. The van der Waals surface area contributed by atoms with Gasteiger partial charge in [0.1, 0.15) is 6.04 Å². The van der Waals surface area contributed by atoms with Crippen molar-refractivity contribution in [3.05, 3.63) is 46.8 Å². The Bertz CT molecular complexity index is 725. The molecule has 0 bridgehead atoms. The lowest BCUT2D eigenvalue weighted by atomic mass is 10.0. The highest BCUT2D eigenvalue weighted by Crippen LogP contribution is 2.22. The number of rotatable bonds is 4. The van der Waals surface area contributed by atoms with E-state index in [1.165, 1.54) is 0 Å². The molecule has 1 aliphatic rings. The first-order chi connectivity index (χ1) is 11.6. The molecule has 2 heterocycles. The molecule has 0 saturated carbocycles. The van der Waals surface area contributed by atoms with Crippen molar-refractivity contribution < 1.29 is 14.1 Å². The van der Waals surface area contributed by atoms with Crippen LogP contribution in [0.1, 0.15) is 24.1 Å². The van der Waals surface area contributed by atoms with Crippen LogP contribution in [0.4, 0.5) is 5.69 Å². The van der Waals surface area contributed by atoms with Crippen LogP contribution in [0.25, 0.3) is 0 Å². The Hall–Kier alpha value is -2.34. The van der Waals surface area contributed by atoms with Crippen molar-refractivity contribution in [1.82, 2.24) is 10.5 Å². The van der Waals surface area contributed by atoms with Crippen LogP contribution < -0.4 is 10.2 Å². The fourth-order valence-electron chi connectivity index (χ4n) is 2.84. The fourth-order valence-corrected chi connectivity index (χ4v) is 3.08. The van der Waals surface area contributed by atoms with Crippen molar-refractivity contribution >= 4 is 29.1 Å². The average molecular weight is 348 g/mol. The van der Waals surface area contributed by atoms with Gasteiger partial charge in [0.2, 0.25) is 17.0 Å². The second-order valence-corrected chi connectivity index (χ2v) is 6.13. The molecule has 24 heavy (non-hydrogen) atoms. The summed E-state index contributed by atoms with van der Waals surface area (Å²) >= 11 is 5.88. The molecule has 1 aliphatic heterocycles. The van der Waals surface area contributed by atoms with E-state index in [0.29, 0.717) is 24.2 Å². The summed E-state index contributed by atoms with van der Waals surface area (Å²) in [5.41, 5.74) is 1.98. The van der Waals surface area contributed by atoms with E-state index in [-0.39, 0.29) is 23.5 Å². The van der Waals surface area contributed by atoms with E-state index in [0.717, 1.165) is 12.1 Å². The lowest BCUT2D eigenvalue weighted by Gasteiger charge is -2.32. The minimum atomic E-state index is -0.523. The van der Waals surface area contributed by atoms with Gasteiger partial charge in [0, 0.05) is 17.8 Å². The first-order valence-corrected chi connectivity index (χ1v) is 8.20. The third-order valence-electron chi connectivity index (χ3n) is 4.12. The lowest BCUT2D eigenvalue weighted by molar-refractivity contribution is -0.128. The molecule has 3 rings (SSSR count). The van der Waals surface area contributed by atoms with Crippen LogP contribution in [-0.2, 0) is 16.0 Å². The maximum absolute atomic E-state index is 12.7. The molecule has 0 spiro atoms. The minimum Gasteiger partial charge on any atom is -0.344 e. The van der Waals surface area contributed by atoms with Crippen LogP contribution in [0.5, 0.6) is 0 Å². The summed E-state index contributed by atoms with van der Waals surface area (Å²) in [6, 6.07) is 8.95. The van der Waals surface area contributed by atoms with Crippen molar-refractivity contribution in [1.29, 1.82) is 0 Å². The van der Waals surface area contributed by atoms with Gasteiger partial charge in [-0.3, -0.25) is 9.59 Å². The molecule has 1 aromatic heterocycles. The monoisotopic (exact) mass is 347 g/mol. The first-order valence-electron chi connectivity index (χ1n) is 7.82. The summed E-state index contributed by atoms with van der Waals surface area (Å²) < 4.78 is 4.84. The number of nitrogens with one attached hydrogen (secondary N) is 1. The number of hydrogen-bond donors (Lipinski definition) is 1. The highest BCUT2D eigenvalue weighted by Gasteiger charge is 2.31. The number of para-hydroxylation sites is 1. The first kappa shape index (κ1) is 16.5. The number of carbonyl (C=O) groups is 2. The summed E-state index contributed by atoms with van der Waals surface area (Å²) in [5, 5.41) is 6.64.